The maximum atomic E-state index is 9.91. The summed E-state index contributed by atoms with van der Waals surface area (Å²) >= 11 is 6.23. The van der Waals surface area contributed by atoms with Gasteiger partial charge in [-0.1, -0.05) is 41.9 Å². The molecule has 0 fully saturated rings. The molecule has 0 spiro atoms. The largest absolute Gasteiger partial charge is 0.508 e. The number of halogens is 1. The second-order valence-electron chi connectivity index (χ2n) is 5.80. The molecule has 0 amide bonds. The van der Waals surface area contributed by atoms with Crippen molar-refractivity contribution in [2.75, 3.05) is 0 Å². The molecule has 1 aliphatic rings. The van der Waals surface area contributed by atoms with Gasteiger partial charge in [-0.15, -0.1) is 0 Å². The van der Waals surface area contributed by atoms with Crippen LogP contribution >= 0.6 is 11.6 Å². The maximum absolute atomic E-state index is 9.91. The molecule has 2 aromatic rings. The zero-order valence-corrected chi connectivity index (χ0v) is 12.9. The van der Waals surface area contributed by atoms with Crippen molar-refractivity contribution in [3.63, 3.8) is 0 Å². The van der Waals surface area contributed by atoms with Gasteiger partial charge in [-0.2, -0.15) is 0 Å². The van der Waals surface area contributed by atoms with Gasteiger partial charge in [-0.05, 0) is 55.0 Å². The highest BCUT2D eigenvalue weighted by Gasteiger charge is 2.25. The molecule has 2 unspecified atom stereocenters. The first-order chi connectivity index (χ1) is 10.1. The van der Waals surface area contributed by atoms with Gasteiger partial charge >= 0.3 is 0 Å². The molecule has 0 heterocycles. The minimum Gasteiger partial charge on any atom is -0.508 e. The molecule has 0 saturated carbocycles. The van der Waals surface area contributed by atoms with E-state index in [9.17, 15) is 5.11 Å². The second kappa shape index (κ2) is 6.08. The summed E-state index contributed by atoms with van der Waals surface area (Å²) in [5.41, 5.74) is 3.51. The molecule has 3 rings (SSSR count). The lowest BCUT2D eigenvalue weighted by Crippen LogP contribution is -2.31. The van der Waals surface area contributed by atoms with E-state index >= 15 is 0 Å². The molecule has 3 heteroatoms. The van der Waals surface area contributed by atoms with Gasteiger partial charge < -0.3 is 10.4 Å². The Morgan fingerprint density at radius 1 is 1.24 bits per heavy atom. The van der Waals surface area contributed by atoms with Crippen LogP contribution in [0.3, 0.4) is 0 Å². The molecule has 2 nitrogen and oxygen atoms in total. The quantitative estimate of drug-likeness (QED) is 0.884. The highest BCUT2D eigenvalue weighted by Crippen LogP contribution is 2.36. The van der Waals surface area contributed by atoms with Crippen molar-refractivity contribution in [3.8, 4) is 5.75 Å². The molecule has 2 N–H and O–H groups in total. The van der Waals surface area contributed by atoms with Crippen LogP contribution in [0.15, 0.2) is 42.5 Å². The molecule has 0 bridgehead atoms. The Labute approximate surface area is 130 Å². The van der Waals surface area contributed by atoms with Gasteiger partial charge in [0.05, 0.1) is 0 Å². The molecule has 0 aliphatic heterocycles. The van der Waals surface area contributed by atoms with Gasteiger partial charge in [-0.25, -0.2) is 0 Å². The predicted octanol–water partition coefficient (Wildman–Crippen LogP) is 4.25. The van der Waals surface area contributed by atoms with E-state index in [-0.39, 0.29) is 0 Å². The monoisotopic (exact) mass is 301 g/mol. The summed E-state index contributed by atoms with van der Waals surface area (Å²) in [7, 11) is 0. The number of nitrogens with one attached hydrogen (secondary N) is 1. The van der Waals surface area contributed by atoms with Crippen LogP contribution in [0, 0.1) is 0 Å². The summed E-state index contributed by atoms with van der Waals surface area (Å²) in [4.78, 5) is 0. The zero-order chi connectivity index (χ0) is 14.8. The molecule has 21 heavy (non-hydrogen) atoms. The topological polar surface area (TPSA) is 32.3 Å². The van der Waals surface area contributed by atoms with Gasteiger partial charge in [0.15, 0.2) is 0 Å². The summed E-state index contributed by atoms with van der Waals surface area (Å²) in [6.45, 7) is 2.18. The first-order valence-electron chi connectivity index (χ1n) is 7.45. The van der Waals surface area contributed by atoms with Crippen LogP contribution in [0.5, 0.6) is 5.75 Å². The van der Waals surface area contributed by atoms with E-state index in [4.69, 9.17) is 11.6 Å². The van der Waals surface area contributed by atoms with E-state index in [1.165, 1.54) is 11.1 Å². The molecule has 2 aromatic carbocycles. The maximum Gasteiger partial charge on any atom is 0.119 e. The van der Waals surface area contributed by atoms with Crippen LogP contribution in [0.1, 0.15) is 36.1 Å². The fourth-order valence-electron chi connectivity index (χ4n) is 3.20. The number of benzene rings is 2. The van der Waals surface area contributed by atoms with Crippen molar-refractivity contribution in [2.45, 2.75) is 38.3 Å². The first kappa shape index (κ1) is 14.4. The summed E-state index contributed by atoms with van der Waals surface area (Å²) in [6, 6.07) is 14.5. The van der Waals surface area contributed by atoms with Crippen LogP contribution in [-0.4, -0.2) is 11.1 Å². The van der Waals surface area contributed by atoms with Gasteiger partial charge in [-0.3, -0.25) is 0 Å². The number of phenols is 1. The predicted molar refractivity (Wildman–Crippen MR) is 86.9 cm³/mol. The van der Waals surface area contributed by atoms with E-state index in [1.807, 2.05) is 24.3 Å². The number of aromatic hydroxyl groups is 1. The Morgan fingerprint density at radius 2 is 2.05 bits per heavy atom. The summed E-state index contributed by atoms with van der Waals surface area (Å²) < 4.78 is 0. The SMILES string of the molecule is CC(Cc1ccccc1Cl)NC1CCc2c(O)cccc21. The van der Waals surface area contributed by atoms with Crippen molar-refractivity contribution < 1.29 is 5.11 Å². The highest BCUT2D eigenvalue weighted by molar-refractivity contribution is 6.31. The molecule has 0 saturated heterocycles. The number of fused-ring (bicyclic) bond motifs is 1. The van der Waals surface area contributed by atoms with Crippen LogP contribution in [0.4, 0.5) is 0 Å². The van der Waals surface area contributed by atoms with Crippen molar-refractivity contribution in [1.29, 1.82) is 0 Å². The third kappa shape index (κ3) is 3.07. The van der Waals surface area contributed by atoms with E-state index in [0.29, 0.717) is 17.8 Å². The molecule has 1 aliphatic carbocycles. The minimum absolute atomic E-state index is 0.324. The fourth-order valence-corrected chi connectivity index (χ4v) is 3.42. The molecular formula is C18H20ClNO. The number of hydrogen-bond acceptors (Lipinski definition) is 2. The van der Waals surface area contributed by atoms with Crippen LogP contribution in [-0.2, 0) is 12.8 Å². The lowest BCUT2D eigenvalue weighted by atomic mass is 10.0. The van der Waals surface area contributed by atoms with Gasteiger partial charge in [0.1, 0.15) is 5.75 Å². The molecule has 0 radical (unpaired) electrons. The van der Waals surface area contributed by atoms with Crippen molar-refractivity contribution in [1.82, 2.24) is 5.32 Å². The number of rotatable bonds is 4. The smallest absolute Gasteiger partial charge is 0.119 e. The van der Waals surface area contributed by atoms with E-state index in [1.54, 1.807) is 6.07 Å². The molecular weight excluding hydrogens is 282 g/mol. The third-order valence-corrected chi connectivity index (χ3v) is 4.58. The Balaban J connectivity index is 1.69. The van der Waals surface area contributed by atoms with Gasteiger partial charge in [0.25, 0.3) is 0 Å². The van der Waals surface area contributed by atoms with Gasteiger partial charge in [0.2, 0.25) is 0 Å². The van der Waals surface area contributed by atoms with E-state index < -0.39 is 0 Å². The highest BCUT2D eigenvalue weighted by atomic mass is 35.5. The Kier molecular flexibility index (Phi) is 4.18. The third-order valence-electron chi connectivity index (χ3n) is 4.22. The normalized spacial score (nSPS) is 18.5. The van der Waals surface area contributed by atoms with Crippen molar-refractivity contribution in [2.24, 2.45) is 0 Å². The molecule has 2 atom stereocenters. The molecule has 110 valence electrons. The Morgan fingerprint density at radius 3 is 2.86 bits per heavy atom. The van der Waals surface area contributed by atoms with Gasteiger partial charge in [0, 0.05) is 17.1 Å². The van der Waals surface area contributed by atoms with Crippen molar-refractivity contribution in [3.05, 3.63) is 64.2 Å². The Hall–Kier alpha value is -1.51. The van der Waals surface area contributed by atoms with Crippen molar-refractivity contribution >= 4 is 11.6 Å². The lowest BCUT2D eigenvalue weighted by Gasteiger charge is -2.21. The number of phenolic OH excluding ortho intramolecular Hbond substituents is 1. The van der Waals surface area contributed by atoms with Crippen LogP contribution < -0.4 is 5.32 Å². The Bertz CT molecular complexity index is 641. The number of hydrogen-bond donors (Lipinski definition) is 2. The zero-order valence-electron chi connectivity index (χ0n) is 12.1. The van der Waals surface area contributed by atoms with E-state index in [2.05, 4.69) is 24.4 Å². The lowest BCUT2D eigenvalue weighted by molar-refractivity contribution is 0.451. The summed E-state index contributed by atoms with van der Waals surface area (Å²) in [6.07, 6.45) is 2.89. The molecule has 0 aromatic heterocycles. The summed E-state index contributed by atoms with van der Waals surface area (Å²) in [5.74, 6) is 0.426. The average Bonchev–Trinajstić information content (AvgIpc) is 2.86. The average molecular weight is 302 g/mol. The summed E-state index contributed by atoms with van der Waals surface area (Å²) in [5, 5.41) is 14.4. The second-order valence-corrected chi connectivity index (χ2v) is 6.21. The van der Waals surface area contributed by atoms with E-state index in [0.717, 1.165) is 29.8 Å². The van der Waals surface area contributed by atoms with Crippen LogP contribution in [0.2, 0.25) is 5.02 Å². The standard InChI is InChI=1S/C18H20ClNO/c1-12(11-13-5-2-3-7-16(13)19)20-17-10-9-15-14(17)6-4-8-18(15)21/h2-8,12,17,20-21H,9-11H2,1H3. The minimum atomic E-state index is 0.324. The first-order valence-corrected chi connectivity index (χ1v) is 7.83. The fraction of sp³-hybridized carbons (Fsp3) is 0.333. The van der Waals surface area contributed by atoms with Crippen LogP contribution in [0.25, 0.3) is 0 Å².